The second-order valence-corrected chi connectivity index (χ2v) is 5.69. The quantitative estimate of drug-likeness (QED) is 0.731. The molecular weight excluding hydrogens is 364 g/mol. The van der Waals surface area contributed by atoms with Crippen molar-refractivity contribution in [1.82, 2.24) is 4.98 Å². The van der Waals surface area contributed by atoms with Crippen LogP contribution in [-0.2, 0) is 11.3 Å². The number of hydrogen-bond donors (Lipinski definition) is 2. The summed E-state index contributed by atoms with van der Waals surface area (Å²) in [6.07, 6.45) is 0. The van der Waals surface area contributed by atoms with Gasteiger partial charge >= 0.3 is 0 Å². The standard InChI is InChI=1S/C16H13BrN2O4/c1-22-8-9-6-15(20)19-12-7-10(2-3-11(9)12)18-16(21)13-4-5-14(17)23-13/h2-7H,8H2,1H3,(H,18,21)(H,19,20). The monoisotopic (exact) mass is 376 g/mol. The minimum Gasteiger partial charge on any atom is -0.444 e. The summed E-state index contributed by atoms with van der Waals surface area (Å²) in [7, 11) is 1.57. The molecule has 1 amide bonds. The molecule has 0 aliphatic carbocycles. The number of benzene rings is 1. The van der Waals surface area contributed by atoms with Crippen LogP contribution in [-0.4, -0.2) is 18.0 Å². The van der Waals surface area contributed by atoms with Gasteiger partial charge in [-0.1, -0.05) is 6.07 Å². The average Bonchev–Trinajstić information content (AvgIpc) is 2.94. The Morgan fingerprint density at radius 3 is 2.83 bits per heavy atom. The van der Waals surface area contributed by atoms with Gasteiger partial charge in [-0.25, -0.2) is 0 Å². The van der Waals surface area contributed by atoms with E-state index in [0.29, 0.717) is 22.5 Å². The minimum absolute atomic E-state index is 0.193. The van der Waals surface area contributed by atoms with Crippen LogP contribution in [0.5, 0.6) is 0 Å². The number of aromatic nitrogens is 1. The van der Waals surface area contributed by atoms with Crippen LogP contribution < -0.4 is 10.9 Å². The number of nitrogens with one attached hydrogen (secondary N) is 2. The number of carbonyl (C=O) groups is 1. The van der Waals surface area contributed by atoms with Gasteiger partial charge in [-0.3, -0.25) is 9.59 Å². The van der Waals surface area contributed by atoms with E-state index in [1.54, 1.807) is 31.4 Å². The number of hydrogen-bond acceptors (Lipinski definition) is 4. The fourth-order valence-electron chi connectivity index (χ4n) is 2.31. The van der Waals surface area contributed by atoms with Gasteiger partial charge in [0.2, 0.25) is 5.56 Å². The van der Waals surface area contributed by atoms with Gasteiger partial charge in [0.15, 0.2) is 10.4 Å². The molecule has 6 nitrogen and oxygen atoms in total. The lowest BCUT2D eigenvalue weighted by Gasteiger charge is -2.08. The Kier molecular flexibility index (Phi) is 4.31. The predicted molar refractivity (Wildman–Crippen MR) is 89.6 cm³/mol. The summed E-state index contributed by atoms with van der Waals surface area (Å²) in [5.41, 5.74) is 1.75. The fourth-order valence-corrected chi connectivity index (χ4v) is 2.62. The van der Waals surface area contributed by atoms with Crippen LogP contribution in [0.15, 0.2) is 50.3 Å². The maximum atomic E-state index is 12.1. The van der Waals surface area contributed by atoms with E-state index in [1.807, 2.05) is 6.07 Å². The summed E-state index contributed by atoms with van der Waals surface area (Å²) in [5, 5.41) is 3.59. The zero-order chi connectivity index (χ0) is 16.4. The molecule has 2 N–H and O–H groups in total. The maximum absolute atomic E-state index is 12.1. The van der Waals surface area contributed by atoms with Gasteiger partial charge in [-0.15, -0.1) is 0 Å². The van der Waals surface area contributed by atoms with Gasteiger partial charge in [0, 0.05) is 24.2 Å². The Labute approximate surface area is 139 Å². The number of aromatic amines is 1. The van der Waals surface area contributed by atoms with Crippen molar-refractivity contribution in [3.05, 3.63) is 62.7 Å². The highest BCUT2D eigenvalue weighted by atomic mass is 79.9. The number of anilines is 1. The Bertz CT molecular complexity index is 929. The molecule has 3 rings (SSSR count). The van der Waals surface area contributed by atoms with E-state index in [9.17, 15) is 9.59 Å². The van der Waals surface area contributed by atoms with Crippen LogP contribution in [0.1, 0.15) is 16.1 Å². The molecule has 0 unspecified atom stereocenters. The first-order valence-electron chi connectivity index (χ1n) is 6.78. The molecule has 118 valence electrons. The van der Waals surface area contributed by atoms with Crippen molar-refractivity contribution in [3.63, 3.8) is 0 Å². The third-order valence-corrected chi connectivity index (χ3v) is 3.71. The van der Waals surface area contributed by atoms with Crippen LogP contribution in [0.2, 0.25) is 0 Å². The zero-order valence-corrected chi connectivity index (χ0v) is 13.8. The Hall–Kier alpha value is -2.38. The molecule has 2 heterocycles. The van der Waals surface area contributed by atoms with Crippen molar-refractivity contribution >= 4 is 38.4 Å². The van der Waals surface area contributed by atoms with E-state index < -0.39 is 0 Å². The molecule has 0 radical (unpaired) electrons. The number of carbonyl (C=O) groups excluding carboxylic acids is 1. The number of methoxy groups -OCH3 is 1. The number of furan rings is 1. The number of ether oxygens (including phenoxy) is 1. The summed E-state index contributed by atoms with van der Waals surface area (Å²) >= 11 is 3.15. The van der Waals surface area contributed by atoms with Crippen molar-refractivity contribution in [2.45, 2.75) is 6.61 Å². The van der Waals surface area contributed by atoms with Crippen molar-refractivity contribution in [3.8, 4) is 0 Å². The second-order valence-electron chi connectivity index (χ2n) is 4.91. The second kappa shape index (κ2) is 6.39. The molecule has 3 aromatic rings. The molecule has 2 aromatic heterocycles. The van der Waals surface area contributed by atoms with Crippen LogP contribution in [0.3, 0.4) is 0 Å². The Morgan fingerprint density at radius 2 is 2.13 bits per heavy atom. The molecule has 0 saturated carbocycles. The van der Waals surface area contributed by atoms with Gasteiger partial charge in [-0.05, 0) is 45.8 Å². The van der Waals surface area contributed by atoms with Crippen molar-refractivity contribution < 1.29 is 13.9 Å². The highest BCUT2D eigenvalue weighted by molar-refractivity contribution is 9.10. The first-order valence-corrected chi connectivity index (χ1v) is 7.58. The summed E-state index contributed by atoms with van der Waals surface area (Å²) < 4.78 is 10.8. The van der Waals surface area contributed by atoms with Crippen LogP contribution >= 0.6 is 15.9 Å². The third kappa shape index (κ3) is 3.35. The van der Waals surface area contributed by atoms with E-state index in [4.69, 9.17) is 9.15 Å². The molecule has 0 atom stereocenters. The number of pyridine rings is 1. The zero-order valence-electron chi connectivity index (χ0n) is 12.2. The lowest BCUT2D eigenvalue weighted by molar-refractivity contribution is 0.0995. The summed E-state index contributed by atoms with van der Waals surface area (Å²) in [5.74, 6) is -0.177. The highest BCUT2D eigenvalue weighted by Gasteiger charge is 2.11. The van der Waals surface area contributed by atoms with Crippen molar-refractivity contribution in [1.29, 1.82) is 0 Å². The predicted octanol–water partition coefficient (Wildman–Crippen LogP) is 3.28. The van der Waals surface area contributed by atoms with Gasteiger partial charge in [-0.2, -0.15) is 0 Å². The molecule has 1 aromatic carbocycles. The van der Waals surface area contributed by atoms with Crippen molar-refractivity contribution in [2.75, 3.05) is 12.4 Å². The smallest absolute Gasteiger partial charge is 0.291 e. The highest BCUT2D eigenvalue weighted by Crippen LogP contribution is 2.21. The molecule has 0 aliphatic heterocycles. The van der Waals surface area contributed by atoms with Gasteiger partial charge in [0.05, 0.1) is 12.1 Å². The lowest BCUT2D eigenvalue weighted by Crippen LogP contribution is -2.12. The third-order valence-electron chi connectivity index (χ3n) is 3.28. The van der Waals surface area contributed by atoms with Crippen LogP contribution in [0.25, 0.3) is 10.9 Å². The Morgan fingerprint density at radius 1 is 1.30 bits per heavy atom. The average molecular weight is 377 g/mol. The molecule has 23 heavy (non-hydrogen) atoms. The molecule has 0 fully saturated rings. The summed E-state index contributed by atoms with van der Waals surface area (Å²) in [6, 6.07) is 10.0. The summed E-state index contributed by atoms with van der Waals surface area (Å²) in [4.78, 5) is 26.6. The molecular formula is C16H13BrN2O4. The van der Waals surface area contributed by atoms with E-state index >= 15 is 0 Å². The fraction of sp³-hybridized carbons (Fsp3) is 0.125. The number of amides is 1. The molecule has 0 bridgehead atoms. The normalized spacial score (nSPS) is 10.9. The van der Waals surface area contributed by atoms with E-state index in [-0.39, 0.29) is 17.2 Å². The molecule has 0 aliphatic rings. The number of rotatable bonds is 4. The number of fused-ring (bicyclic) bond motifs is 1. The molecule has 0 saturated heterocycles. The maximum Gasteiger partial charge on any atom is 0.291 e. The largest absolute Gasteiger partial charge is 0.444 e. The summed E-state index contributed by atoms with van der Waals surface area (Å²) in [6.45, 7) is 0.340. The van der Waals surface area contributed by atoms with E-state index in [2.05, 4.69) is 26.2 Å². The van der Waals surface area contributed by atoms with Crippen molar-refractivity contribution in [2.24, 2.45) is 0 Å². The topological polar surface area (TPSA) is 84.3 Å². The van der Waals surface area contributed by atoms with E-state index in [0.717, 1.165) is 10.9 Å². The SMILES string of the molecule is COCc1cc(=O)[nH]c2cc(NC(=O)c3ccc(Br)o3)ccc12. The minimum atomic E-state index is -0.370. The number of halogens is 1. The first-order chi connectivity index (χ1) is 11.1. The van der Waals surface area contributed by atoms with Gasteiger partial charge < -0.3 is 19.5 Å². The van der Waals surface area contributed by atoms with E-state index in [1.165, 1.54) is 6.07 Å². The Balaban J connectivity index is 1.94. The first kappa shape index (κ1) is 15.5. The van der Waals surface area contributed by atoms with Gasteiger partial charge in [0.25, 0.3) is 5.91 Å². The van der Waals surface area contributed by atoms with Crippen LogP contribution in [0.4, 0.5) is 5.69 Å². The lowest BCUT2D eigenvalue weighted by atomic mass is 10.1. The van der Waals surface area contributed by atoms with Gasteiger partial charge in [0.1, 0.15) is 0 Å². The molecule has 7 heteroatoms. The number of H-pyrrole nitrogens is 1. The van der Waals surface area contributed by atoms with Crippen LogP contribution in [0, 0.1) is 0 Å². The molecule has 0 spiro atoms.